The number of ketones is 1. The molecule has 3 aromatic carbocycles. The lowest BCUT2D eigenvalue weighted by Crippen LogP contribution is -2.44. The highest BCUT2D eigenvalue weighted by atomic mass is 16.6. The summed E-state index contributed by atoms with van der Waals surface area (Å²) in [6.07, 6.45) is 3.51. The molecular formula is C28H20N4O7. The molecule has 3 aliphatic heterocycles. The Morgan fingerprint density at radius 2 is 1.54 bits per heavy atom. The SMILES string of the molecule is Cc1cc([N+](=O)[O-])ccc1N1C(=O)[C@@H]2[C@@H](C1=O)[C@H]1c3ccccc3C=CN1[C@@H]2C(=O)c1cccc([N+](=O)[O-])c1. The van der Waals surface area contributed by atoms with Crippen LogP contribution in [0.25, 0.3) is 6.08 Å². The second-order valence-electron chi connectivity index (χ2n) is 9.74. The smallest absolute Gasteiger partial charge is 0.270 e. The first-order chi connectivity index (χ1) is 18.7. The van der Waals surface area contributed by atoms with Gasteiger partial charge in [-0.05, 0) is 35.8 Å². The molecule has 0 radical (unpaired) electrons. The molecule has 0 spiro atoms. The van der Waals surface area contributed by atoms with Gasteiger partial charge in [0.25, 0.3) is 11.4 Å². The summed E-state index contributed by atoms with van der Waals surface area (Å²) in [4.78, 5) is 66.1. The zero-order valence-electron chi connectivity index (χ0n) is 20.5. The molecule has 3 aliphatic rings. The van der Waals surface area contributed by atoms with E-state index < -0.39 is 51.4 Å². The lowest BCUT2D eigenvalue weighted by Gasteiger charge is -2.35. The molecule has 0 unspecified atom stereocenters. The number of nitro benzene ring substituents is 2. The van der Waals surface area contributed by atoms with Crippen molar-refractivity contribution < 1.29 is 24.2 Å². The van der Waals surface area contributed by atoms with Crippen molar-refractivity contribution in [1.29, 1.82) is 0 Å². The van der Waals surface area contributed by atoms with Gasteiger partial charge in [-0.25, -0.2) is 4.90 Å². The molecule has 0 aliphatic carbocycles. The number of imide groups is 1. The molecule has 0 bridgehead atoms. The molecule has 194 valence electrons. The van der Waals surface area contributed by atoms with E-state index in [0.717, 1.165) is 16.0 Å². The summed E-state index contributed by atoms with van der Waals surface area (Å²) in [5.74, 6) is -3.59. The number of amides is 2. The first-order valence-corrected chi connectivity index (χ1v) is 12.1. The van der Waals surface area contributed by atoms with Crippen LogP contribution in [0.1, 0.15) is 33.1 Å². The summed E-state index contributed by atoms with van der Waals surface area (Å²) in [5.41, 5.74) is 1.85. The third kappa shape index (κ3) is 3.54. The standard InChI is InChI=1S/C28H20N4O7/c1-15-13-19(32(38)39)9-10-21(15)30-27(34)22-23(28(30)35)25(26(33)17-6-4-7-18(14-17)31(36)37)29-12-11-16-5-2-3-8-20(16)24(22)29/h2-14,22-25H,1H3/t22-,23-,24-,25+/m1/s1. The first-order valence-electron chi connectivity index (χ1n) is 12.1. The highest BCUT2D eigenvalue weighted by molar-refractivity contribution is 6.25. The summed E-state index contributed by atoms with van der Waals surface area (Å²) in [7, 11) is 0. The maximum absolute atomic E-state index is 14.0. The molecule has 2 fully saturated rings. The number of rotatable bonds is 5. The Bertz CT molecular complexity index is 1650. The van der Waals surface area contributed by atoms with E-state index in [-0.39, 0.29) is 22.6 Å². The van der Waals surface area contributed by atoms with E-state index in [1.807, 2.05) is 30.3 Å². The van der Waals surface area contributed by atoms with Crippen molar-refractivity contribution in [3.63, 3.8) is 0 Å². The van der Waals surface area contributed by atoms with Gasteiger partial charge < -0.3 is 4.90 Å². The van der Waals surface area contributed by atoms with Crippen LogP contribution in [0.3, 0.4) is 0 Å². The maximum Gasteiger partial charge on any atom is 0.270 e. The molecule has 11 nitrogen and oxygen atoms in total. The summed E-state index contributed by atoms with van der Waals surface area (Å²) in [5, 5.41) is 22.6. The zero-order chi connectivity index (χ0) is 27.6. The van der Waals surface area contributed by atoms with Crippen LogP contribution in [0.15, 0.2) is 72.9 Å². The molecule has 0 saturated carbocycles. The van der Waals surface area contributed by atoms with Crippen molar-refractivity contribution >= 4 is 40.7 Å². The minimum Gasteiger partial charge on any atom is -0.358 e. The van der Waals surface area contributed by atoms with Crippen LogP contribution in [-0.4, -0.2) is 38.4 Å². The third-order valence-corrected chi connectivity index (χ3v) is 7.70. The Balaban J connectivity index is 1.49. The van der Waals surface area contributed by atoms with Gasteiger partial charge in [-0.1, -0.05) is 36.4 Å². The van der Waals surface area contributed by atoms with Gasteiger partial charge in [-0.3, -0.25) is 34.6 Å². The normalized spacial score (nSPS) is 22.9. The lowest BCUT2D eigenvalue weighted by molar-refractivity contribution is -0.385. The number of fused-ring (bicyclic) bond motifs is 5. The topological polar surface area (TPSA) is 144 Å². The molecule has 11 heteroatoms. The largest absolute Gasteiger partial charge is 0.358 e. The number of carbonyl (C=O) groups excluding carboxylic acids is 3. The molecule has 0 N–H and O–H groups in total. The fourth-order valence-electron chi connectivity index (χ4n) is 6.04. The van der Waals surface area contributed by atoms with E-state index >= 15 is 0 Å². The lowest BCUT2D eigenvalue weighted by atomic mass is 9.83. The third-order valence-electron chi connectivity index (χ3n) is 7.70. The number of aryl methyl sites for hydroxylation is 1. The van der Waals surface area contributed by atoms with E-state index in [2.05, 4.69) is 0 Å². The van der Waals surface area contributed by atoms with Gasteiger partial charge >= 0.3 is 0 Å². The minimum atomic E-state index is -1.09. The summed E-state index contributed by atoms with van der Waals surface area (Å²) >= 11 is 0. The molecule has 3 heterocycles. The van der Waals surface area contributed by atoms with Crippen molar-refractivity contribution in [1.82, 2.24) is 4.90 Å². The fourth-order valence-corrected chi connectivity index (χ4v) is 6.04. The average molecular weight is 524 g/mol. The number of nitro groups is 2. The van der Waals surface area contributed by atoms with Gasteiger partial charge in [0.05, 0.1) is 33.4 Å². The van der Waals surface area contributed by atoms with Gasteiger partial charge in [0.15, 0.2) is 5.78 Å². The molecule has 3 aromatic rings. The first kappa shape index (κ1) is 24.2. The van der Waals surface area contributed by atoms with E-state index in [4.69, 9.17) is 0 Å². The number of anilines is 1. The molecule has 6 rings (SSSR count). The molecule has 2 amide bonds. The van der Waals surface area contributed by atoms with Crippen LogP contribution in [0.4, 0.5) is 17.1 Å². The number of non-ortho nitro benzene ring substituents is 2. The molecule has 4 atom stereocenters. The van der Waals surface area contributed by atoms with Crippen LogP contribution in [-0.2, 0) is 9.59 Å². The number of carbonyl (C=O) groups is 3. The van der Waals surface area contributed by atoms with Gasteiger partial charge in [0.2, 0.25) is 11.8 Å². The predicted molar refractivity (Wildman–Crippen MR) is 139 cm³/mol. The summed E-state index contributed by atoms with van der Waals surface area (Å²) in [6, 6.07) is 14.9. The van der Waals surface area contributed by atoms with Gasteiger partial charge in [0.1, 0.15) is 6.04 Å². The predicted octanol–water partition coefficient (Wildman–Crippen LogP) is 4.21. The quantitative estimate of drug-likeness (QED) is 0.209. The van der Waals surface area contributed by atoms with Crippen LogP contribution in [0.5, 0.6) is 0 Å². The molecule has 0 aromatic heterocycles. The monoisotopic (exact) mass is 524 g/mol. The van der Waals surface area contributed by atoms with Gasteiger partial charge in [0, 0.05) is 36.0 Å². The summed E-state index contributed by atoms with van der Waals surface area (Å²) < 4.78 is 0. The minimum absolute atomic E-state index is 0.0612. The average Bonchev–Trinajstić information content (AvgIpc) is 3.40. The molecule has 2 saturated heterocycles. The highest BCUT2D eigenvalue weighted by Crippen LogP contribution is 2.54. The van der Waals surface area contributed by atoms with Crippen molar-refractivity contribution in [2.24, 2.45) is 11.8 Å². The van der Waals surface area contributed by atoms with Crippen LogP contribution >= 0.6 is 0 Å². The van der Waals surface area contributed by atoms with Crippen molar-refractivity contribution in [3.8, 4) is 0 Å². The Hall–Kier alpha value is -5.19. The van der Waals surface area contributed by atoms with Crippen LogP contribution < -0.4 is 4.90 Å². The maximum atomic E-state index is 14.0. The molecule has 39 heavy (non-hydrogen) atoms. The summed E-state index contributed by atoms with van der Waals surface area (Å²) in [6.45, 7) is 1.58. The Labute approximate surface area is 221 Å². The van der Waals surface area contributed by atoms with E-state index in [0.29, 0.717) is 5.56 Å². The molecular weight excluding hydrogens is 504 g/mol. The van der Waals surface area contributed by atoms with Crippen molar-refractivity contribution in [2.75, 3.05) is 4.90 Å². The van der Waals surface area contributed by atoms with E-state index in [1.54, 1.807) is 18.0 Å². The number of nitrogens with zero attached hydrogens (tertiary/aromatic N) is 4. The number of hydrogen-bond acceptors (Lipinski definition) is 8. The number of benzene rings is 3. The highest BCUT2D eigenvalue weighted by Gasteiger charge is 2.64. The fraction of sp³-hybridized carbons (Fsp3) is 0.179. The second-order valence-corrected chi connectivity index (χ2v) is 9.74. The second kappa shape index (κ2) is 8.69. The van der Waals surface area contributed by atoms with E-state index in [1.165, 1.54) is 42.5 Å². The van der Waals surface area contributed by atoms with Crippen molar-refractivity contribution in [3.05, 3.63) is 115 Å². The Morgan fingerprint density at radius 1 is 0.846 bits per heavy atom. The number of Topliss-reactive ketones (excluding diaryl/α,β-unsaturated/α-hetero) is 1. The van der Waals surface area contributed by atoms with Crippen molar-refractivity contribution in [2.45, 2.75) is 19.0 Å². The van der Waals surface area contributed by atoms with Gasteiger partial charge in [-0.15, -0.1) is 0 Å². The van der Waals surface area contributed by atoms with Crippen LogP contribution in [0, 0.1) is 39.0 Å². The van der Waals surface area contributed by atoms with E-state index in [9.17, 15) is 34.6 Å². The zero-order valence-corrected chi connectivity index (χ0v) is 20.5. The van der Waals surface area contributed by atoms with Crippen LogP contribution in [0.2, 0.25) is 0 Å². The Morgan fingerprint density at radius 3 is 2.26 bits per heavy atom. The Kier molecular flexibility index (Phi) is 5.38. The number of hydrogen-bond donors (Lipinski definition) is 0. The van der Waals surface area contributed by atoms with Gasteiger partial charge in [-0.2, -0.15) is 0 Å².